The van der Waals surface area contributed by atoms with Gasteiger partial charge in [0.2, 0.25) is 11.9 Å². The van der Waals surface area contributed by atoms with Gasteiger partial charge in [-0.3, -0.25) is 4.79 Å². The van der Waals surface area contributed by atoms with Crippen LogP contribution < -0.4 is 15.1 Å². The SMILES string of the molecule is CCC1C(=O)N(C)c2cnc(N[C@@H](C)C3CCN(CCO)CC3)nc2N1C1CCCC1. The van der Waals surface area contributed by atoms with E-state index in [4.69, 9.17) is 10.1 Å². The van der Waals surface area contributed by atoms with Gasteiger partial charge in [-0.2, -0.15) is 4.98 Å². The predicted octanol–water partition coefficient (Wildman–Crippen LogP) is 2.49. The zero-order valence-corrected chi connectivity index (χ0v) is 19.3. The average Bonchev–Trinajstić information content (AvgIpc) is 3.31. The molecule has 2 fully saturated rings. The summed E-state index contributed by atoms with van der Waals surface area (Å²) in [6.07, 6.45) is 9.52. The topological polar surface area (TPSA) is 84.8 Å². The van der Waals surface area contributed by atoms with E-state index in [2.05, 4.69) is 33.9 Å². The van der Waals surface area contributed by atoms with Crippen LogP contribution in [0.25, 0.3) is 0 Å². The van der Waals surface area contributed by atoms with Crippen LogP contribution in [0.4, 0.5) is 17.5 Å². The van der Waals surface area contributed by atoms with Crippen molar-refractivity contribution in [2.24, 2.45) is 5.92 Å². The number of carbonyl (C=O) groups excluding carboxylic acids is 1. The molecule has 31 heavy (non-hydrogen) atoms. The number of rotatable bonds is 7. The summed E-state index contributed by atoms with van der Waals surface area (Å²) in [7, 11) is 1.84. The molecular formula is C23H38N6O2. The van der Waals surface area contributed by atoms with Crippen molar-refractivity contribution in [2.45, 2.75) is 76.9 Å². The molecule has 2 aliphatic heterocycles. The van der Waals surface area contributed by atoms with Crippen LogP contribution in [-0.4, -0.2) is 77.3 Å². The number of anilines is 3. The van der Waals surface area contributed by atoms with Crippen molar-refractivity contribution < 1.29 is 9.90 Å². The summed E-state index contributed by atoms with van der Waals surface area (Å²) in [5.41, 5.74) is 0.817. The van der Waals surface area contributed by atoms with Crippen LogP contribution in [0.2, 0.25) is 0 Å². The largest absolute Gasteiger partial charge is 0.395 e. The predicted molar refractivity (Wildman–Crippen MR) is 124 cm³/mol. The molecule has 1 saturated heterocycles. The Morgan fingerprint density at radius 3 is 2.58 bits per heavy atom. The van der Waals surface area contributed by atoms with Gasteiger partial charge in [0.15, 0.2) is 5.82 Å². The van der Waals surface area contributed by atoms with Gasteiger partial charge in [0, 0.05) is 25.7 Å². The number of aromatic nitrogens is 2. The van der Waals surface area contributed by atoms with Gasteiger partial charge in [0.05, 0.1) is 12.8 Å². The molecule has 4 rings (SSSR count). The van der Waals surface area contributed by atoms with E-state index in [1.807, 2.05) is 13.2 Å². The number of aliphatic hydroxyl groups excluding tert-OH is 1. The highest BCUT2D eigenvalue weighted by molar-refractivity contribution is 6.04. The Morgan fingerprint density at radius 1 is 1.23 bits per heavy atom. The molecule has 1 unspecified atom stereocenters. The van der Waals surface area contributed by atoms with E-state index in [-0.39, 0.29) is 24.6 Å². The van der Waals surface area contributed by atoms with Gasteiger partial charge in [0.25, 0.3) is 0 Å². The average molecular weight is 431 g/mol. The van der Waals surface area contributed by atoms with Crippen LogP contribution in [0, 0.1) is 5.92 Å². The van der Waals surface area contributed by atoms with Crippen molar-refractivity contribution in [3.05, 3.63) is 6.20 Å². The molecule has 3 heterocycles. The molecule has 0 bridgehead atoms. The summed E-state index contributed by atoms with van der Waals surface area (Å²) in [4.78, 5) is 28.9. The maximum atomic E-state index is 13.0. The summed E-state index contributed by atoms with van der Waals surface area (Å²) >= 11 is 0. The third-order valence-corrected chi connectivity index (χ3v) is 7.52. The van der Waals surface area contributed by atoms with Crippen molar-refractivity contribution in [3.63, 3.8) is 0 Å². The van der Waals surface area contributed by atoms with E-state index in [9.17, 15) is 4.79 Å². The highest BCUT2D eigenvalue weighted by Gasteiger charge is 2.41. The van der Waals surface area contributed by atoms with Crippen molar-refractivity contribution in [2.75, 3.05) is 48.4 Å². The molecular weight excluding hydrogens is 392 g/mol. The smallest absolute Gasteiger partial charge is 0.249 e. The molecule has 172 valence electrons. The fourth-order valence-electron chi connectivity index (χ4n) is 5.59. The minimum Gasteiger partial charge on any atom is -0.395 e. The number of piperidine rings is 1. The second-order valence-corrected chi connectivity index (χ2v) is 9.40. The zero-order chi connectivity index (χ0) is 22.0. The summed E-state index contributed by atoms with van der Waals surface area (Å²) in [5, 5.41) is 12.7. The molecule has 1 saturated carbocycles. The molecule has 8 heteroatoms. The molecule has 2 N–H and O–H groups in total. The number of aliphatic hydroxyl groups is 1. The van der Waals surface area contributed by atoms with E-state index in [0.29, 0.717) is 17.9 Å². The zero-order valence-electron chi connectivity index (χ0n) is 19.3. The third kappa shape index (κ3) is 4.51. The fraction of sp³-hybridized carbons (Fsp3) is 0.783. The summed E-state index contributed by atoms with van der Waals surface area (Å²) in [5.74, 6) is 2.27. The first-order chi connectivity index (χ1) is 15.0. The molecule has 3 aliphatic rings. The third-order valence-electron chi connectivity index (χ3n) is 7.52. The minimum atomic E-state index is -0.142. The lowest BCUT2D eigenvalue weighted by atomic mass is 9.90. The van der Waals surface area contributed by atoms with E-state index < -0.39 is 0 Å². The molecule has 1 aliphatic carbocycles. The van der Waals surface area contributed by atoms with Gasteiger partial charge < -0.3 is 25.1 Å². The van der Waals surface area contributed by atoms with Gasteiger partial charge in [0.1, 0.15) is 11.7 Å². The molecule has 1 aromatic rings. The van der Waals surface area contributed by atoms with Crippen LogP contribution in [0.3, 0.4) is 0 Å². The number of fused-ring (bicyclic) bond motifs is 1. The number of nitrogens with one attached hydrogen (secondary N) is 1. The number of hydrogen-bond donors (Lipinski definition) is 2. The van der Waals surface area contributed by atoms with Crippen molar-refractivity contribution in [1.29, 1.82) is 0 Å². The highest BCUT2D eigenvalue weighted by atomic mass is 16.3. The Balaban J connectivity index is 1.52. The second-order valence-electron chi connectivity index (χ2n) is 9.40. The molecule has 8 nitrogen and oxygen atoms in total. The van der Waals surface area contributed by atoms with Crippen molar-refractivity contribution in [1.82, 2.24) is 14.9 Å². The Kier molecular flexibility index (Phi) is 6.96. The minimum absolute atomic E-state index is 0.142. The summed E-state index contributed by atoms with van der Waals surface area (Å²) < 4.78 is 0. The van der Waals surface area contributed by atoms with E-state index in [0.717, 1.165) is 63.2 Å². The lowest BCUT2D eigenvalue weighted by molar-refractivity contribution is -0.120. The summed E-state index contributed by atoms with van der Waals surface area (Å²) in [6.45, 7) is 7.37. The first kappa shape index (κ1) is 22.3. The second kappa shape index (κ2) is 9.69. The van der Waals surface area contributed by atoms with Gasteiger partial charge in [-0.05, 0) is 58.0 Å². The molecule has 2 atom stereocenters. The molecule has 1 aromatic heterocycles. The number of likely N-dealkylation sites (tertiary alicyclic amines) is 1. The lowest BCUT2D eigenvalue weighted by Crippen LogP contribution is -2.55. The summed E-state index contributed by atoms with van der Waals surface area (Å²) in [6, 6.07) is 0.521. The Hall–Kier alpha value is -1.93. The van der Waals surface area contributed by atoms with Crippen molar-refractivity contribution >= 4 is 23.4 Å². The Morgan fingerprint density at radius 2 is 1.94 bits per heavy atom. The normalized spacial score (nSPS) is 24.5. The van der Waals surface area contributed by atoms with Gasteiger partial charge in [-0.1, -0.05) is 19.8 Å². The number of nitrogens with zero attached hydrogens (tertiary/aromatic N) is 5. The fourth-order valence-corrected chi connectivity index (χ4v) is 5.59. The standard InChI is InChI=1S/C23H38N6O2/c1-4-19-22(31)27(3)20-15-24-23(26-21(20)29(19)18-7-5-6-8-18)25-16(2)17-9-11-28(12-10-17)13-14-30/h15-19,30H,4-14H2,1-3H3,(H,24,25,26)/t16-,19?/m0/s1. The van der Waals surface area contributed by atoms with Crippen LogP contribution in [0.5, 0.6) is 0 Å². The quantitative estimate of drug-likeness (QED) is 0.687. The molecule has 0 spiro atoms. The highest BCUT2D eigenvalue weighted by Crippen LogP contribution is 2.40. The van der Waals surface area contributed by atoms with E-state index in [1.165, 1.54) is 12.8 Å². The Bertz CT molecular complexity index is 760. The first-order valence-corrected chi connectivity index (χ1v) is 12.1. The van der Waals surface area contributed by atoms with Crippen LogP contribution in [0.1, 0.15) is 58.8 Å². The van der Waals surface area contributed by atoms with Crippen LogP contribution in [-0.2, 0) is 4.79 Å². The lowest BCUT2D eigenvalue weighted by Gasteiger charge is -2.43. The van der Waals surface area contributed by atoms with E-state index in [1.54, 1.807) is 4.90 Å². The first-order valence-electron chi connectivity index (χ1n) is 12.1. The number of carbonyl (C=O) groups is 1. The van der Waals surface area contributed by atoms with Crippen LogP contribution >= 0.6 is 0 Å². The number of hydrogen-bond acceptors (Lipinski definition) is 7. The van der Waals surface area contributed by atoms with Crippen LogP contribution in [0.15, 0.2) is 6.20 Å². The monoisotopic (exact) mass is 430 g/mol. The Labute approximate surface area is 186 Å². The van der Waals surface area contributed by atoms with Crippen molar-refractivity contribution in [3.8, 4) is 0 Å². The maximum Gasteiger partial charge on any atom is 0.249 e. The number of amides is 1. The number of β-amino-alcohol motifs (C(OH)–C–C–N with tert-alkyl or cyclic N) is 1. The van der Waals surface area contributed by atoms with Gasteiger partial charge in [-0.25, -0.2) is 4.98 Å². The number of likely N-dealkylation sites (N-methyl/N-ethyl adjacent to an activating group) is 1. The van der Waals surface area contributed by atoms with E-state index >= 15 is 0 Å². The molecule has 0 radical (unpaired) electrons. The molecule has 0 aromatic carbocycles. The molecule has 1 amide bonds. The van der Waals surface area contributed by atoms with Gasteiger partial charge >= 0.3 is 0 Å². The van der Waals surface area contributed by atoms with Gasteiger partial charge in [-0.15, -0.1) is 0 Å². The maximum absolute atomic E-state index is 13.0.